The summed E-state index contributed by atoms with van der Waals surface area (Å²) in [4.78, 5) is 0. The summed E-state index contributed by atoms with van der Waals surface area (Å²) < 4.78 is 10.5. The molecule has 23 heavy (non-hydrogen) atoms. The second kappa shape index (κ2) is 18.3. The number of rotatable bonds is 15. The number of hydrogen-bond donors (Lipinski definition) is 0. The summed E-state index contributed by atoms with van der Waals surface area (Å²) in [5.74, 6) is 0.704. The third-order valence-electron chi connectivity index (χ3n) is 4.39. The van der Waals surface area contributed by atoms with Crippen LogP contribution < -0.4 is 0 Å². The molecule has 0 aromatic heterocycles. The highest BCUT2D eigenvalue weighted by Crippen LogP contribution is 2.11. The first-order valence-corrected chi connectivity index (χ1v) is 10.3. The second-order valence-electron chi connectivity index (χ2n) is 6.92. The highest BCUT2D eigenvalue weighted by molar-refractivity contribution is 4.67. The molecular formula is C21H43O2. The molecule has 2 atom stereocenters. The predicted molar refractivity (Wildman–Crippen MR) is 102 cm³/mol. The Morgan fingerprint density at radius 3 is 2.00 bits per heavy atom. The van der Waals surface area contributed by atoms with Crippen LogP contribution >= 0.6 is 0 Å². The summed E-state index contributed by atoms with van der Waals surface area (Å²) in [6, 6.07) is 0. The lowest BCUT2D eigenvalue weighted by Crippen LogP contribution is -2.02. The van der Waals surface area contributed by atoms with Crippen molar-refractivity contribution in [2.24, 2.45) is 5.92 Å². The van der Waals surface area contributed by atoms with E-state index >= 15 is 0 Å². The summed E-state index contributed by atoms with van der Waals surface area (Å²) in [5.41, 5.74) is 0. The Kier molecular flexibility index (Phi) is 18.2. The van der Waals surface area contributed by atoms with Gasteiger partial charge in [0, 0.05) is 6.61 Å². The normalized spacial score (nSPS) is 17.5. The fraction of sp³-hybridized carbons (Fsp3) is 0.952. The molecule has 1 heterocycles. The van der Waals surface area contributed by atoms with Crippen LogP contribution in [0.4, 0.5) is 0 Å². The van der Waals surface area contributed by atoms with E-state index in [1.807, 2.05) is 0 Å². The maximum Gasteiger partial charge on any atom is 0.104 e. The van der Waals surface area contributed by atoms with Gasteiger partial charge in [-0.05, 0) is 12.3 Å². The van der Waals surface area contributed by atoms with Gasteiger partial charge in [0.1, 0.15) is 6.10 Å². The van der Waals surface area contributed by atoms with Crippen molar-refractivity contribution in [3.05, 3.63) is 6.92 Å². The van der Waals surface area contributed by atoms with Crippen LogP contribution in [0.2, 0.25) is 0 Å². The van der Waals surface area contributed by atoms with E-state index in [0.29, 0.717) is 12.0 Å². The highest BCUT2D eigenvalue weighted by atomic mass is 16.6. The van der Waals surface area contributed by atoms with Crippen molar-refractivity contribution < 1.29 is 9.47 Å². The number of hydrogen-bond acceptors (Lipinski definition) is 2. The first kappa shape index (κ1) is 22.9. The average Bonchev–Trinajstić information content (AvgIpc) is 3.39. The van der Waals surface area contributed by atoms with Crippen molar-refractivity contribution in [3.8, 4) is 0 Å². The monoisotopic (exact) mass is 327 g/mol. The van der Waals surface area contributed by atoms with Gasteiger partial charge in [0.25, 0.3) is 0 Å². The predicted octanol–water partition coefficient (Wildman–Crippen LogP) is 6.58. The fourth-order valence-corrected chi connectivity index (χ4v) is 2.41. The Labute approximate surface area is 146 Å². The van der Waals surface area contributed by atoms with Crippen molar-refractivity contribution in [1.29, 1.82) is 0 Å². The van der Waals surface area contributed by atoms with Crippen LogP contribution in [0, 0.1) is 12.8 Å². The lowest BCUT2D eigenvalue weighted by Gasteiger charge is -2.04. The van der Waals surface area contributed by atoms with Gasteiger partial charge in [-0.3, -0.25) is 0 Å². The molecule has 1 aliphatic heterocycles. The van der Waals surface area contributed by atoms with Gasteiger partial charge in [0.2, 0.25) is 0 Å². The molecule has 2 nitrogen and oxygen atoms in total. The van der Waals surface area contributed by atoms with Gasteiger partial charge in [-0.1, -0.05) is 98.3 Å². The minimum absolute atomic E-state index is 0.430. The molecule has 2 unspecified atom stereocenters. The SMILES string of the molecule is CCCCCCCCCCOCC1CO1.[CH2]C(CC)CCCC. The van der Waals surface area contributed by atoms with Crippen LogP contribution in [-0.2, 0) is 9.47 Å². The molecule has 0 bridgehead atoms. The molecule has 0 saturated carbocycles. The zero-order valence-corrected chi connectivity index (χ0v) is 16.3. The maximum absolute atomic E-state index is 5.48. The van der Waals surface area contributed by atoms with E-state index in [-0.39, 0.29) is 0 Å². The minimum Gasteiger partial charge on any atom is -0.379 e. The molecule has 0 aromatic rings. The van der Waals surface area contributed by atoms with Gasteiger partial charge in [-0.15, -0.1) is 0 Å². The Hall–Kier alpha value is -0.0800. The molecular weight excluding hydrogens is 284 g/mol. The quantitative estimate of drug-likeness (QED) is 0.250. The van der Waals surface area contributed by atoms with Crippen LogP contribution in [0.5, 0.6) is 0 Å². The molecule has 1 radical (unpaired) electrons. The number of unbranched alkanes of at least 4 members (excludes halogenated alkanes) is 8. The molecule has 1 rings (SSSR count). The Balaban J connectivity index is 0.000000515. The van der Waals surface area contributed by atoms with E-state index in [1.165, 1.54) is 77.0 Å². The van der Waals surface area contributed by atoms with E-state index in [2.05, 4.69) is 27.7 Å². The van der Waals surface area contributed by atoms with Crippen LogP contribution in [0.3, 0.4) is 0 Å². The van der Waals surface area contributed by atoms with Gasteiger partial charge in [-0.25, -0.2) is 0 Å². The largest absolute Gasteiger partial charge is 0.379 e. The summed E-state index contributed by atoms with van der Waals surface area (Å²) in [7, 11) is 0. The van der Waals surface area contributed by atoms with E-state index in [4.69, 9.17) is 9.47 Å². The minimum atomic E-state index is 0.430. The highest BCUT2D eigenvalue weighted by Gasteiger charge is 2.21. The number of epoxide rings is 1. The van der Waals surface area contributed by atoms with Crippen molar-refractivity contribution >= 4 is 0 Å². The first-order chi connectivity index (χ1) is 11.2. The van der Waals surface area contributed by atoms with Gasteiger partial charge in [-0.2, -0.15) is 0 Å². The summed E-state index contributed by atoms with van der Waals surface area (Å²) >= 11 is 0. The third kappa shape index (κ3) is 19.9. The van der Waals surface area contributed by atoms with E-state index in [1.54, 1.807) is 0 Å². The molecule has 0 spiro atoms. The Bertz CT molecular complexity index is 214. The number of ether oxygens (including phenoxy) is 2. The lowest BCUT2D eigenvalue weighted by atomic mass is 10.0. The average molecular weight is 328 g/mol. The molecule has 0 N–H and O–H groups in total. The van der Waals surface area contributed by atoms with Gasteiger partial charge < -0.3 is 9.47 Å². The van der Waals surface area contributed by atoms with Gasteiger partial charge in [0.05, 0.1) is 13.2 Å². The summed E-state index contributed by atoms with van der Waals surface area (Å²) in [6.07, 6.45) is 16.6. The van der Waals surface area contributed by atoms with Crippen LogP contribution in [0.1, 0.15) is 97.8 Å². The van der Waals surface area contributed by atoms with Gasteiger partial charge >= 0.3 is 0 Å². The molecule has 1 saturated heterocycles. The molecule has 1 fully saturated rings. The van der Waals surface area contributed by atoms with E-state index in [9.17, 15) is 0 Å². The molecule has 0 aromatic carbocycles. The Morgan fingerprint density at radius 2 is 1.48 bits per heavy atom. The fourth-order valence-electron chi connectivity index (χ4n) is 2.41. The summed E-state index contributed by atoms with van der Waals surface area (Å²) in [6.45, 7) is 13.3. The Morgan fingerprint density at radius 1 is 0.913 bits per heavy atom. The van der Waals surface area contributed by atoms with E-state index in [0.717, 1.165) is 19.8 Å². The van der Waals surface area contributed by atoms with Crippen molar-refractivity contribution in [3.63, 3.8) is 0 Å². The van der Waals surface area contributed by atoms with Crippen molar-refractivity contribution in [2.75, 3.05) is 19.8 Å². The summed E-state index contributed by atoms with van der Waals surface area (Å²) in [5, 5.41) is 0. The van der Waals surface area contributed by atoms with E-state index < -0.39 is 0 Å². The smallest absolute Gasteiger partial charge is 0.104 e. The van der Waals surface area contributed by atoms with Crippen LogP contribution in [-0.4, -0.2) is 25.9 Å². The topological polar surface area (TPSA) is 21.8 Å². The second-order valence-corrected chi connectivity index (χ2v) is 6.92. The molecule has 1 aliphatic rings. The third-order valence-corrected chi connectivity index (χ3v) is 4.39. The molecule has 139 valence electrons. The zero-order valence-electron chi connectivity index (χ0n) is 16.3. The lowest BCUT2D eigenvalue weighted by molar-refractivity contribution is 0.113. The molecule has 0 amide bonds. The molecule has 0 aliphatic carbocycles. The van der Waals surface area contributed by atoms with Gasteiger partial charge in [0.15, 0.2) is 0 Å². The van der Waals surface area contributed by atoms with Crippen LogP contribution in [0.25, 0.3) is 0 Å². The first-order valence-electron chi connectivity index (χ1n) is 10.3. The van der Waals surface area contributed by atoms with Crippen molar-refractivity contribution in [2.45, 2.75) is 104 Å². The zero-order chi connectivity index (χ0) is 17.2. The maximum atomic E-state index is 5.48. The van der Waals surface area contributed by atoms with Crippen molar-refractivity contribution in [1.82, 2.24) is 0 Å². The van der Waals surface area contributed by atoms with Crippen LogP contribution in [0.15, 0.2) is 0 Å². The standard InChI is InChI=1S/C13H26O2.C8H17/c1-2-3-4-5-6-7-8-9-10-14-11-13-12-15-13;1-4-6-7-8(3)5-2/h13H,2-12H2,1H3;8H,3-7H2,1-2H3. The molecule has 2 heteroatoms.